The van der Waals surface area contributed by atoms with Crippen LogP contribution in [0.4, 0.5) is 10.1 Å². The Morgan fingerprint density at radius 1 is 1.12 bits per heavy atom. The molecule has 0 aliphatic heterocycles. The number of nitrogens with one attached hydrogen (secondary N) is 1. The Balaban J connectivity index is 2.14. The zero-order chi connectivity index (χ0) is 17.7. The van der Waals surface area contributed by atoms with E-state index in [2.05, 4.69) is 5.32 Å². The van der Waals surface area contributed by atoms with Gasteiger partial charge in [0.1, 0.15) is 5.82 Å². The number of carbonyl (C=O) groups is 1. The quantitative estimate of drug-likeness (QED) is 0.845. The van der Waals surface area contributed by atoms with Gasteiger partial charge in [0, 0.05) is 31.4 Å². The van der Waals surface area contributed by atoms with Gasteiger partial charge in [-0.25, -0.2) is 17.1 Å². The van der Waals surface area contributed by atoms with Gasteiger partial charge in [0.25, 0.3) is 0 Å². The van der Waals surface area contributed by atoms with Crippen LogP contribution in [-0.2, 0) is 14.8 Å². The molecular formula is C17H17FN2O3S. The highest BCUT2D eigenvalue weighted by molar-refractivity contribution is 7.89. The highest BCUT2D eigenvalue weighted by Crippen LogP contribution is 2.18. The molecule has 7 heteroatoms. The van der Waals surface area contributed by atoms with Gasteiger partial charge >= 0.3 is 0 Å². The molecule has 0 heterocycles. The third-order valence-electron chi connectivity index (χ3n) is 3.20. The van der Waals surface area contributed by atoms with Gasteiger partial charge in [0.15, 0.2) is 0 Å². The summed E-state index contributed by atoms with van der Waals surface area (Å²) < 4.78 is 38.7. The van der Waals surface area contributed by atoms with Gasteiger partial charge in [-0.1, -0.05) is 24.3 Å². The number of carbonyl (C=O) groups excluding carboxylic acids is 1. The zero-order valence-electron chi connectivity index (χ0n) is 13.2. The highest BCUT2D eigenvalue weighted by atomic mass is 32.2. The Morgan fingerprint density at radius 2 is 1.83 bits per heavy atom. The summed E-state index contributed by atoms with van der Waals surface area (Å²) in [5.41, 5.74) is 0.623. The minimum Gasteiger partial charge on any atom is -0.322 e. The van der Waals surface area contributed by atoms with Gasteiger partial charge in [-0.3, -0.25) is 4.79 Å². The third-order valence-corrected chi connectivity index (χ3v) is 5.01. The molecule has 0 aromatic heterocycles. The summed E-state index contributed by atoms with van der Waals surface area (Å²) in [7, 11) is -0.725. The maximum Gasteiger partial charge on any atom is 0.248 e. The van der Waals surface area contributed by atoms with E-state index in [1.807, 2.05) is 0 Å². The van der Waals surface area contributed by atoms with Crippen molar-refractivity contribution in [2.45, 2.75) is 4.90 Å². The zero-order valence-corrected chi connectivity index (χ0v) is 14.0. The van der Waals surface area contributed by atoms with E-state index < -0.39 is 21.7 Å². The number of hydrogen-bond acceptors (Lipinski definition) is 3. The van der Waals surface area contributed by atoms with Gasteiger partial charge in [-0.2, -0.15) is 0 Å². The van der Waals surface area contributed by atoms with Gasteiger partial charge in [-0.05, 0) is 30.3 Å². The minimum absolute atomic E-state index is 0.0726. The van der Waals surface area contributed by atoms with Crippen molar-refractivity contribution >= 4 is 27.7 Å². The lowest BCUT2D eigenvalue weighted by Gasteiger charge is -2.12. The molecule has 0 saturated carbocycles. The monoisotopic (exact) mass is 348 g/mol. The van der Waals surface area contributed by atoms with E-state index in [1.165, 1.54) is 50.5 Å². The van der Waals surface area contributed by atoms with Crippen LogP contribution >= 0.6 is 0 Å². The van der Waals surface area contributed by atoms with E-state index in [-0.39, 0.29) is 10.5 Å². The van der Waals surface area contributed by atoms with Crippen molar-refractivity contribution in [1.29, 1.82) is 0 Å². The number of rotatable bonds is 5. The average Bonchev–Trinajstić information content (AvgIpc) is 2.54. The second-order valence-electron chi connectivity index (χ2n) is 5.16. The summed E-state index contributed by atoms with van der Waals surface area (Å²) >= 11 is 0. The van der Waals surface area contributed by atoms with E-state index in [9.17, 15) is 17.6 Å². The van der Waals surface area contributed by atoms with Crippen molar-refractivity contribution < 1.29 is 17.6 Å². The largest absolute Gasteiger partial charge is 0.322 e. The first kappa shape index (κ1) is 17.8. The number of sulfonamides is 1. The fourth-order valence-electron chi connectivity index (χ4n) is 1.90. The second kappa shape index (κ2) is 7.37. The van der Waals surface area contributed by atoms with Crippen LogP contribution in [0.5, 0.6) is 0 Å². The maximum absolute atomic E-state index is 13.5. The van der Waals surface area contributed by atoms with Crippen LogP contribution in [-0.4, -0.2) is 32.7 Å². The molecule has 5 nitrogen and oxygen atoms in total. The molecule has 1 N–H and O–H groups in total. The fourth-order valence-corrected chi connectivity index (χ4v) is 2.85. The van der Waals surface area contributed by atoms with E-state index in [0.717, 1.165) is 4.31 Å². The Hall–Kier alpha value is -2.51. The second-order valence-corrected chi connectivity index (χ2v) is 7.31. The van der Waals surface area contributed by atoms with Gasteiger partial charge in [-0.15, -0.1) is 0 Å². The van der Waals surface area contributed by atoms with E-state index in [4.69, 9.17) is 0 Å². The first-order chi connectivity index (χ1) is 11.3. The average molecular weight is 348 g/mol. The molecule has 0 radical (unpaired) electrons. The topological polar surface area (TPSA) is 66.5 Å². The summed E-state index contributed by atoms with van der Waals surface area (Å²) in [5.74, 6) is -0.918. The van der Waals surface area contributed by atoms with Crippen molar-refractivity contribution in [3.8, 4) is 0 Å². The van der Waals surface area contributed by atoms with E-state index in [0.29, 0.717) is 5.69 Å². The molecule has 2 aromatic rings. The lowest BCUT2D eigenvalue weighted by atomic mass is 10.2. The molecule has 0 saturated heterocycles. The molecule has 24 heavy (non-hydrogen) atoms. The normalized spacial score (nSPS) is 11.8. The van der Waals surface area contributed by atoms with Crippen LogP contribution < -0.4 is 5.32 Å². The van der Waals surface area contributed by atoms with Crippen LogP contribution in [0.1, 0.15) is 5.56 Å². The summed E-state index contributed by atoms with van der Waals surface area (Å²) in [6.07, 6.45) is 2.54. The molecule has 2 rings (SSSR count). The standard InChI is InChI=1S/C17H17FN2O3S/c1-20(2)24(22,23)15-8-5-7-14(12-15)19-17(21)11-10-13-6-3-4-9-16(13)18/h3-12H,1-2H3,(H,19,21). The SMILES string of the molecule is CN(C)S(=O)(=O)c1cccc(NC(=O)C=Cc2ccccc2F)c1. The molecule has 0 aliphatic carbocycles. The summed E-state index contributed by atoms with van der Waals surface area (Å²) in [4.78, 5) is 12.0. The molecule has 0 aliphatic rings. The van der Waals surface area contributed by atoms with Crippen LogP contribution in [0.2, 0.25) is 0 Å². The first-order valence-corrected chi connectivity index (χ1v) is 8.51. The van der Waals surface area contributed by atoms with Gasteiger partial charge in [0.05, 0.1) is 4.90 Å². The Morgan fingerprint density at radius 3 is 2.50 bits per heavy atom. The minimum atomic E-state index is -3.58. The summed E-state index contributed by atoms with van der Waals surface area (Å²) in [5, 5.41) is 2.55. The van der Waals surface area contributed by atoms with Crippen molar-refractivity contribution in [3.05, 3.63) is 66.0 Å². The number of hydrogen-bond donors (Lipinski definition) is 1. The third kappa shape index (κ3) is 4.27. The van der Waals surface area contributed by atoms with Crippen LogP contribution in [0, 0.1) is 5.82 Å². The smallest absolute Gasteiger partial charge is 0.248 e. The first-order valence-electron chi connectivity index (χ1n) is 7.07. The molecular weight excluding hydrogens is 331 g/mol. The number of anilines is 1. The lowest BCUT2D eigenvalue weighted by Crippen LogP contribution is -2.22. The number of halogens is 1. The van der Waals surface area contributed by atoms with Gasteiger partial charge < -0.3 is 5.32 Å². The van der Waals surface area contributed by atoms with Crippen LogP contribution in [0.3, 0.4) is 0 Å². The molecule has 0 unspecified atom stereocenters. The van der Waals surface area contributed by atoms with Crippen LogP contribution in [0.25, 0.3) is 6.08 Å². The van der Waals surface area contributed by atoms with Crippen molar-refractivity contribution in [2.24, 2.45) is 0 Å². The molecule has 126 valence electrons. The number of amides is 1. The van der Waals surface area contributed by atoms with E-state index >= 15 is 0 Å². The highest BCUT2D eigenvalue weighted by Gasteiger charge is 2.17. The lowest BCUT2D eigenvalue weighted by molar-refractivity contribution is -0.111. The molecule has 0 fully saturated rings. The molecule has 2 aromatic carbocycles. The molecule has 1 amide bonds. The number of benzene rings is 2. The summed E-state index contributed by atoms with van der Waals surface area (Å²) in [6, 6.07) is 12.0. The van der Waals surface area contributed by atoms with Gasteiger partial charge in [0.2, 0.25) is 15.9 Å². The summed E-state index contributed by atoms with van der Waals surface area (Å²) in [6.45, 7) is 0. The van der Waals surface area contributed by atoms with E-state index in [1.54, 1.807) is 24.3 Å². The van der Waals surface area contributed by atoms with Crippen molar-refractivity contribution in [3.63, 3.8) is 0 Å². The molecule has 0 spiro atoms. The Bertz CT molecular complexity index is 877. The maximum atomic E-state index is 13.5. The Labute approximate surface area is 140 Å². The number of nitrogens with zero attached hydrogens (tertiary/aromatic N) is 1. The molecule has 0 atom stereocenters. The van der Waals surface area contributed by atoms with Crippen molar-refractivity contribution in [2.75, 3.05) is 19.4 Å². The molecule has 0 bridgehead atoms. The van der Waals surface area contributed by atoms with Crippen LogP contribution in [0.15, 0.2) is 59.5 Å². The fraction of sp³-hybridized carbons (Fsp3) is 0.118. The Kier molecular flexibility index (Phi) is 5.48. The van der Waals surface area contributed by atoms with Crippen molar-refractivity contribution in [1.82, 2.24) is 4.31 Å². The predicted molar refractivity (Wildman–Crippen MR) is 91.4 cm³/mol. The predicted octanol–water partition coefficient (Wildman–Crippen LogP) is 2.73.